The van der Waals surface area contributed by atoms with Gasteiger partial charge in [0.25, 0.3) is 0 Å². The van der Waals surface area contributed by atoms with E-state index in [9.17, 15) is 15.0 Å². The number of nitrogens with zero attached hydrogens (tertiary/aromatic N) is 1. The van der Waals surface area contributed by atoms with Gasteiger partial charge in [-0.3, -0.25) is 0 Å². The van der Waals surface area contributed by atoms with Crippen LogP contribution in [0, 0.1) is 0 Å². The Balaban J connectivity index is 2.54. The van der Waals surface area contributed by atoms with Crippen LogP contribution in [-0.4, -0.2) is 35.4 Å². The quantitative estimate of drug-likeness (QED) is 0.712. The molecule has 0 aliphatic heterocycles. The number of rotatable bonds is 7. The van der Waals surface area contributed by atoms with Crippen LogP contribution in [0.5, 0.6) is 17.4 Å². The van der Waals surface area contributed by atoms with E-state index >= 15 is 0 Å². The highest BCUT2D eigenvalue weighted by molar-refractivity contribution is 5.97. The van der Waals surface area contributed by atoms with Crippen molar-refractivity contribution in [2.75, 3.05) is 14.2 Å². The first-order valence-corrected chi connectivity index (χ1v) is 8.36. The third-order valence-corrected chi connectivity index (χ3v) is 3.93. The molecule has 1 heterocycles. The fraction of sp³-hybridized carbons (Fsp3) is 0.238. The highest BCUT2D eigenvalue weighted by atomic mass is 16.5. The Hall–Kier alpha value is -3.28. The van der Waals surface area contributed by atoms with Crippen molar-refractivity contribution in [3.8, 4) is 17.4 Å². The Bertz CT molecular complexity index is 896. The molecule has 1 aromatic heterocycles. The molecule has 6 heteroatoms. The molecule has 0 bridgehead atoms. The first-order chi connectivity index (χ1) is 12.9. The number of ether oxygens (including phenoxy) is 2. The van der Waals surface area contributed by atoms with Crippen molar-refractivity contribution < 1.29 is 24.5 Å². The Kier molecular flexibility index (Phi) is 6.60. The highest BCUT2D eigenvalue weighted by Crippen LogP contribution is 2.36. The fourth-order valence-corrected chi connectivity index (χ4v) is 2.56. The maximum atomic E-state index is 11.8. The summed E-state index contributed by atoms with van der Waals surface area (Å²) in [5.74, 6) is -0.634. The van der Waals surface area contributed by atoms with Crippen LogP contribution in [0.15, 0.2) is 35.9 Å². The molecule has 2 rings (SSSR count). The molecule has 0 aliphatic rings. The Labute approximate surface area is 158 Å². The molecule has 0 saturated carbocycles. The van der Waals surface area contributed by atoms with Gasteiger partial charge in [0, 0.05) is 11.6 Å². The van der Waals surface area contributed by atoms with E-state index in [1.807, 2.05) is 19.9 Å². The molecule has 0 saturated heterocycles. The minimum atomic E-state index is -1.22. The highest BCUT2D eigenvalue weighted by Gasteiger charge is 2.21. The molecule has 27 heavy (non-hydrogen) atoms. The lowest BCUT2D eigenvalue weighted by Gasteiger charge is -2.14. The zero-order valence-electron chi connectivity index (χ0n) is 15.8. The summed E-state index contributed by atoms with van der Waals surface area (Å²) < 4.78 is 10.5. The van der Waals surface area contributed by atoms with Crippen molar-refractivity contribution in [1.82, 2.24) is 4.98 Å². The van der Waals surface area contributed by atoms with Crippen LogP contribution in [0.4, 0.5) is 0 Å². The van der Waals surface area contributed by atoms with E-state index in [4.69, 9.17) is 9.47 Å². The van der Waals surface area contributed by atoms with E-state index in [1.54, 1.807) is 36.4 Å². The monoisotopic (exact) mass is 369 g/mol. The number of carboxylic acids is 1. The first kappa shape index (κ1) is 20.0. The second kappa shape index (κ2) is 8.89. The van der Waals surface area contributed by atoms with Crippen LogP contribution in [0.3, 0.4) is 0 Å². The largest absolute Gasteiger partial charge is 0.507 e. The van der Waals surface area contributed by atoms with Crippen LogP contribution >= 0.6 is 0 Å². The van der Waals surface area contributed by atoms with Crippen LogP contribution in [0.1, 0.15) is 41.0 Å². The average molecular weight is 369 g/mol. The lowest BCUT2D eigenvalue weighted by molar-refractivity contribution is 0.0693. The minimum absolute atomic E-state index is 0.174. The number of aromatic carboxylic acids is 1. The van der Waals surface area contributed by atoms with E-state index in [-0.39, 0.29) is 11.3 Å². The van der Waals surface area contributed by atoms with Gasteiger partial charge in [0.2, 0.25) is 5.88 Å². The van der Waals surface area contributed by atoms with Crippen molar-refractivity contribution in [1.29, 1.82) is 0 Å². The van der Waals surface area contributed by atoms with Gasteiger partial charge in [-0.1, -0.05) is 23.8 Å². The molecule has 0 fully saturated rings. The van der Waals surface area contributed by atoms with Crippen LogP contribution in [0.25, 0.3) is 12.2 Å². The standard InChI is InChI=1S/C21H23NO5/c1-13(2)8-11-16-17(26-3)12-14(19(20(16)23)21(24)25)9-10-15-6-5-7-18(22-15)27-4/h5-10,12,23H,11H2,1-4H3,(H,24,25)/b10-9+. The van der Waals surface area contributed by atoms with E-state index in [0.717, 1.165) is 5.57 Å². The van der Waals surface area contributed by atoms with Crippen LogP contribution in [0.2, 0.25) is 0 Å². The molecule has 0 unspecified atom stereocenters. The maximum absolute atomic E-state index is 11.8. The molecule has 2 N–H and O–H groups in total. The topological polar surface area (TPSA) is 88.9 Å². The normalized spacial score (nSPS) is 10.7. The fourth-order valence-electron chi connectivity index (χ4n) is 2.56. The summed E-state index contributed by atoms with van der Waals surface area (Å²) in [6.45, 7) is 3.86. The number of carboxylic acid groups (broad SMARTS) is 1. The molecule has 0 radical (unpaired) electrons. The van der Waals surface area contributed by atoms with Gasteiger partial charge in [-0.25, -0.2) is 9.78 Å². The molecule has 142 valence electrons. The molecular weight excluding hydrogens is 346 g/mol. The summed E-state index contributed by atoms with van der Waals surface area (Å²) in [6.07, 6.45) is 5.51. The lowest BCUT2D eigenvalue weighted by atomic mass is 9.97. The number of benzene rings is 1. The van der Waals surface area contributed by atoms with Crippen molar-refractivity contribution in [2.24, 2.45) is 0 Å². The van der Waals surface area contributed by atoms with Gasteiger partial charge in [0.05, 0.1) is 19.9 Å². The van der Waals surface area contributed by atoms with E-state index in [0.29, 0.717) is 34.9 Å². The van der Waals surface area contributed by atoms with Gasteiger partial charge < -0.3 is 19.7 Å². The minimum Gasteiger partial charge on any atom is -0.507 e. The molecular formula is C21H23NO5. The van der Waals surface area contributed by atoms with Gasteiger partial charge in [-0.15, -0.1) is 0 Å². The number of carbonyl (C=O) groups is 1. The van der Waals surface area contributed by atoms with Crippen molar-refractivity contribution in [3.05, 3.63) is 58.3 Å². The lowest BCUT2D eigenvalue weighted by Crippen LogP contribution is -2.04. The molecule has 2 aromatic rings. The molecule has 6 nitrogen and oxygen atoms in total. The van der Waals surface area contributed by atoms with Gasteiger partial charge in [0.15, 0.2) is 0 Å². The maximum Gasteiger partial charge on any atom is 0.340 e. The summed E-state index contributed by atoms with van der Waals surface area (Å²) in [7, 11) is 3.00. The Morgan fingerprint density at radius 1 is 1.19 bits per heavy atom. The first-order valence-electron chi connectivity index (χ1n) is 8.36. The number of aromatic nitrogens is 1. The zero-order valence-corrected chi connectivity index (χ0v) is 15.8. The van der Waals surface area contributed by atoms with Gasteiger partial charge >= 0.3 is 5.97 Å². The van der Waals surface area contributed by atoms with Gasteiger partial charge in [0.1, 0.15) is 17.1 Å². The SMILES string of the molecule is COc1cccc(/C=C/c2cc(OC)c(CC=C(C)C)c(O)c2C(=O)O)n1. The van der Waals surface area contributed by atoms with Gasteiger partial charge in [-0.05, 0) is 44.0 Å². The summed E-state index contributed by atoms with van der Waals surface area (Å²) in [6, 6.07) is 6.87. The molecule has 0 aliphatic carbocycles. The molecule has 0 atom stereocenters. The summed E-state index contributed by atoms with van der Waals surface area (Å²) in [4.78, 5) is 16.0. The second-order valence-corrected chi connectivity index (χ2v) is 6.10. The number of pyridine rings is 1. The van der Waals surface area contributed by atoms with E-state index in [1.165, 1.54) is 14.2 Å². The predicted molar refractivity (Wildman–Crippen MR) is 104 cm³/mol. The molecule has 0 spiro atoms. The second-order valence-electron chi connectivity index (χ2n) is 6.10. The Morgan fingerprint density at radius 2 is 1.93 bits per heavy atom. The van der Waals surface area contributed by atoms with Crippen molar-refractivity contribution >= 4 is 18.1 Å². The summed E-state index contributed by atoms with van der Waals surface area (Å²) >= 11 is 0. The number of hydrogen-bond acceptors (Lipinski definition) is 5. The third-order valence-electron chi connectivity index (χ3n) is 3.93. The molecule has 1 aromatic carbocycles. The third kappa shape index (κ3) is 4.88. The smallest absolute Gasteiger partial charge is 0.340 e. The number of methoxy groups -OCH3 is 2. The van der Waals surface area contributed by atoms with Crippen molar-refractivity contribution in [3.63, 3.8) is 0 Å². The number of hydrogen-bond donors (Lipinski definition) is 2. The van der Waals surface area contributed by atoms with Crippen LogP contribution < -0.4 is 9.47 Å². The molecule has 0 amide bonds. The summed E-state index contributed by atoms with van der Waals surface area (Å²) in [5, 5.41) is 20.2. The number of aromatic hydroxyl groups is 1. The number of allylic oxidation sites excluding steroid dienone is 2. The van der Waals surface area contributed by atoms with E-state index in [2.05, 4.69) is 4.98 Å². The number of phenols is 1. The average Bonchev–Trinajstić information content (AvgIpc) is 2.64. The van der Waals surface area contributed by atoms with Crippen molar-refractivity contribution in [2.45, 2.75) is 20.3 Å². The zero-order chi connectivity index (χ0) is 20.0. The Morgan fingerprint density at radius 3 is 2.52 bits per heavy atom. The van der Waals surface area contributed by atoms with Crippen LogP contribution in [-0.2, 0) is 6.42 Å². The van der Waals surface area contributed by atoms with Gasteiger partial charge in [-0.2, -0.15) is 0 Å². The van der Waals surface area contributed by atoms with E-state index < -0.39 is 5.97 Å². The predicted octanol–water partition coefficient (Wildman–Crippen LogP) is 4.18. The summed E-state index contributed by atoms with van der Waals surface area (Å²) in [5.41, 5.74) is 2.24.